The van der Waals surface area contributed by atoms with Crippen molar-refractivity contribution in [3.8, 4) is 5.75 Å². The molecule has 0 aliphatic heterocycles. The maximum Gasteiger partial charge on any atom is 0.274 e. The predicted octanol–water partition coefficient (Wildman–Crippen LogP) is 5.34. The van der Waals surface area contributed by atoms with Gasteiger partial charge in [-0.15, -0.1) is 0 Å². The van der Waals surface area contributed by atoms with E-state index in [4.69, 9.17) is 27.9 Å². The Balaban J connectivity index is 1.39. The number of thiazole rings is 1. The number of fused-ring (bicyclic) bond motifs is 3. The van der Waals surface area contributed by atoms with Crippen molar-refractivity contribution in [1.82, 2.24) is 9.38 Å². The molecule has 0 aliphatic carbocycles. The summed E-state index contributed by atoms with van der Waals surface area (Å²) in [6.45, 7) is 0.389. The minimum atomic E-state index is -0.0522. The Morgan fingerprint density at radius 3 is 2.60 bits per heavy atom. The van der Waals surface area contributed by atoms with Gasteiger partial charge in [0, 0.05) is 0 Å². The van der Waals surface area contributed by atoms with Crippen LogP contribution in [0.25, 0.3) is 22.1 Å². The molecule has 5 aromatic rings. The van der Waals surface area contributed by atoms with Crippen molar-refractivity contribution in [2.45, 2.75) is 6.61 Å². The van der Waals surface area contributed by atoms with Gasteiger partial charge in [0.05, 0.1) is 25.6 Å². The second-order valence-electron chi connectivity index (χ2n) is 6.74. The quantitative estimate of drug-likeness (QED) is 0.369. The first kappa shape index (κ1) is 19.1. The Bertz CT molecular complexity index is 1490. The number of aromatic nitrogens is 2. The van der Waals surface area contributed by atoms with Crippen LogP contribution in [0.15, 0.2) is 71.5 Å². The standard InChI is InChI=1S/C23H14Cl2N2O2S/c24-17-10-7-15(11-18(17)25)13-29-16-8-5-14(6-9-16)12-21-22(28)27-20-4-2-1-3-19(20)26-23(27)30-21/h1-12H,13H2/b21-12+. The summed E-state index contributed by atoms with van der Waals surface area (Å²) in [6, 6.07) is 20.7. The highest BCUT2D eigenvalue weighted by Crippen LogP contribution is 2.23. The third kappa shape index (κ3) is 3.56. The summed E-state index contributed by atoms with van der Waals surface area (Å²) in [5.41, 5.74) is 3.46. The van der Waals surface area contributed by atoms with Gasteiger partial charge >= 0.3 is 0 Å². The zero-order chi connectivity index (χ0) is 20.7. The molecule has 30 heavy (non-hydrogen) atoms. The van der Waals surface area contributed by atoms with Crippen LogP contribution < -0.4 is 14.8 Å². The molecule has 0 fully saturated rings. The molecule has 0 saturated carbocycles. The average Bonchev–Trinajstić information content (AvgIpc) is 3.26. The molecule has 3 aromatic carbocycles. The van der Waals surface area contributed by atoms with Crippen molar-refractivity contribution < 1.29 is 4.74 Å². The summed E-state index contributed by atoms with van der Waals surface area (Å²) in [5.74, 6) is 0.729. The number of benzene rings is 3. The van der Waals surface area contributed by atoms with Crippen LogP contribution in [0.5, 0.6) is 5.75 Å². The lowest BCUT2D eigenvalue weighted by Gasteiger charge is -2.07. The van der Waals surface area contributed by atoms with E-state index in [-0.39, 0.29) is 5.56 Å². The van der Waals surface area contributed by atoms with Gasteiger partial charge in [-0.25, -0.2) is 9.38 Å². The number of nitrogens with zero attached hydrogens (tertiary/aromatic N) is 2. The first-order valence-electron chi connectivity index (χ1n) is 9.17. The van der Waals surface area contributed by atoms with Crippen LogP contribution in [0, 0.1) is 0 Å². The van der Waals surface area contributed by atoms with Gasteiger partial charge in [-0.2, -0.15) is 0 Å². The van der Waals surface area contributed by atoms with Gasteiger partial charge < -0.3 is 4.74 Å². The summed E-state index contributed by atoms with van der Waals surface area (Å²) >= 11 is 13.4. The van der Waals surface area contributed by atoms with E-state index in [9.17, 15) is 4.79 Å². The van der Waals surface area contributed by atoms with Gasteiger partial charge in [-0.1, -0.05) is 64.9 Å². The Hall–Kier alpha value is -2.86. The SMILES string of the molecule is O=c1/c(=C\c2ccc(OCc3ccc(Cl)c(Cl)c3)cc2)sc2nc3ccccc3n12. The van der Waals surface area contributed by atoms with Crippen LogP contribution in [0.2, 0.25) is 10.0 Å². The van der Waals surface area contributed by atoms with Crippen molar-refractivity contribution in [1.29, 1.82) is 0 Å². The number of ether oxygens (including phenoxy) is 1. The Morgan fingerprint density at radius 2 is 1.80 bits per heavy atom. The smallest absolute Gasteiger partial charge is 0.274 e. The topological polar surface area (TPSA) is 43.6 Å². The maximum atomic E-state index is 12.8. The Kier molecular flexibility index (Phi) is 4.95. The van der Waals surface area contributed by atoms with Gasteiger partial charge in [-0.05, 0) is 53.6 Å². The summed E-state index contributed by atoms with van der Waals surface area (Å²) in [7, 11) is 0. The molecule has 0 bridgehead atoms. The molecule has 148 valence electrons. The average molecular weight is 453 g/mol. The lowest BCUT2D eigenvalue weighted by Crippen LogP contribution is -2.22. The monoisotopic (exact) mass is 452 g/mol. The van der Waals surface area contributed by atoms with E-state index >= 15 is 0 Å². The van der Waals surface area contributed by atoms with E-state index in [2.05, 4.69) is 4.98 Å². The third-order valence-electron chi connectivity index (χ3n) is 4.71. The molecule has 0 unspecified atom stereocenters. The molecule has 2 aromatic heterocycles. The minimum absolute atomic E-state index is 0.0522. The molecule has 0 radical (unpaired) electrons. The highest BCUT2D eigenvalue weighted by Gasteiger charge is 2.10. The van der Waals surface area contributed by atoms with E-state index in [0.29, 0.717) is 26.1 Å². The fraction of sp³-hybridized carbons (Fsp3) is 0.0435. The van der Waals surface area contributed by atoms with Crippen molar-refractivity contribution in [2.24, 2.45) is 0 Å². The van der Waals surface area contributed by atoms with Gasteiger partial charge in [0.15, 0.2) is 4.96 Å². The summed E-state index contributed by atoms with van der Waals surface area (Å²) in [4.78, 5) is 18.1. The van der Waals surface area contributed by atoms with Gasteiger partial charge in [0.1, 0.15) is 12.4 Å². The van der Waals surface area contributed by atoms with Gasteiger partial charge in [0.25, 0.3) is 5.56 Å². The third-order valence-corrected chi connectivity index (χ3v) is 6.42. The number of hydrogen-bond acceptors (Lipinski definition) is 4. The molecule has 5 rings (SSSR count). The first-order chi connectivity index (χ1) is 14.6. The largest absolute Gasteiger partial charge is 0.489 e. The lowest BCUT2D eigenvalue weighted by atomic mass is 10.2. The molecular formula is C23H14Cl2N2O2S. The zero-order valence-corrected chi connectivity index (χ0v) is 17.8. The molecule has 0 N–H and O–H groups in total. The maximum absolute atomic E-state index is 12.8. The molecule has 0 saturated heterocycles. The van der Waals surface area contributed by atoms with Crippen LogP contribution >= 0.6 is 34.5 Å². The number of rotatable bonds is 4. The first-order valence-corrected chi connectivity index (χ1v) is 10.7. The molecule has 7 heteroatoms. The van der Waals surface area contributed by atoms with E-state index in [1.54, 1.807) is 16.5 Å². The number of imidazole rings is 1. The summed E-state index contributed by atoms with van der Waals surface area (Å²) in [5, 5.41) is 1.03. The Labute approximate surface area is 185 Å². The molecule has 0 spiro atoms. The number of halogens is 2. The molecule has 4 nitrogen and oxygen atoms in total. The van der Waals surface area contributed by atoms with E-state index in [1.165, 1.54) is 11.3 Å². The normalized spacial score (nSPS) is 12.1. The highest BCUT2D eigenvalue weighted by atomic mass is 35.5. The lowest BCUT2D eigenvalue weighted by molar-refractivity contribution is 0.306. The number of para-hydroxylation sites is 2. The summed E-state index contributed by atoms with van der Waals surface area (Å²) in [6.07, 6.45) is 1.87. The predicted molar refractivity (Wildman–Crippen MR) is 123 cm³/mol. The highest BCUT2D eigenvalue weighted by molar-refractivity contribution is 7.15. The van der Waals surface area contributed by atoms with Gasteiger partial charge in [-0.3, -0.25) is 4.79 Å². The Morgan fingerprint density at radius 1 is 1.00 bits per heavy atom. The van der Waals surface area contributed by atoms with E-state index < -0.39 is 0 Å². The summed E-state index contributed by atoms with van der Waals surface area (Å²) < 4.78 is 8.12. The fourth-order valence-corrected chi connectivity index (χ4v) is 4.53. The van der Waals surface area contributed by atoms with Crippen molar-refractivity contribution in [2.75, 3.05) is 0 Å². The van der Waals surface area contributed by atoms with Crippen LogP contribution in [0.1, 0.15) is 11.1 Å². The van der Waals surface area contributed by atoms with Crippen molar-refractivity contribution in [3.05, 3.63) is 103 Å². The number of hydrogen-bond donors (Lipinski definition) is 0. The molecule has 0 atom stereocenters. The molecular weight excluding hydrogens is 439 g/mol. The van der Waals surface area contributed by atoms with Crippen LogP contribution in [0.3, 0.4) is 0 Å². The van der Waals surface area contributed by atoms with E-state index in [1.807, 2.05) is 60.7 Å². The van der Waals surface area contributed by atoms with Crippen LogP contribution in [0.4, 0.5) is 0 Å². The molecule has 0 amide bonds. The second kappa shape index (κ2) is 7.76. The van der Waals surface area contributed by atoms with Crippen molar-refractivity contribution in [3.63, 3.8) is 0 Å². The van der Waals surface area contributed by atoms with Crippen molar-refractivity contribution >= 4 is 56.6 Å². The second-order valence-corrected chi connectivity index (χ2v) is 8.56. The fourth-order valence-electron chi connectivity index (χ4n) is 3.22. The van der Waals surface area contributed by atoms with Crippen LogP contribution in [-0.4, -0.2) is 9.38 Å². The molecule has 2 heterocycles. The van der Waals surface area contributed by atoms with Gasteiger partial charge in [0.2, 0.25) is 0 Å². The minimum Gasteiger partial charge on any atom is -0.489 e. The van der Waals surface area contributed by atoms with Crippen LogP contribution in [-0.2, 0) is 6.61 Å². The molecule has 0 aliphatic rings. The van der Waals surface area contributed by atoms with E-state index in [0.717, 1.165) is 27.9 Å². The zero-order valence-electron chi connectivity index (χ0n) is 15.5.